The Bertz CT molecular complexity index is 84.6. The molecule has 0 spiro atoms. The molecule has 0 unspecified atom stereocenters. The van der Waals surface area contributed by atoms with Crippen LogP contribution in [0.5, 0.6) is 0 Å². The van der Waals surface area contributed by atoms with Crippen molar-refractivity contribution in [2.45, 2.75) is 0 Å². The van der Waals surface area contributed by atoms with Gasteiger partial charge in [-0.15, -0.1) is 0 Å². The number of rotatable bonds is 1. The van der Waals surface area contributed by atoms with Crippen molar-refractivity contribution in [3.63, 3.8) is 0 Å². The van der Waals surface area contributed by atoms with E-state index in [1.165, 1.54) is 0 Å². The van der Waals surface area contributed by atoms with Gasteiger partial charge in [-0.05, 0) is 0 Å². The first-order valence-corrected chi connectivity index (χ1v) is 2.70. The second kappa shape index (κ2) is 12.6. The predicted molar refractivity (Wildman–Crippen MR) is 45.9 cm³/mol. The zero-order valence-corrected chi connectivity index (χ0v) is 4.05. The fourth-order valence-electron chi connectivity index (χ4n) is 0. The standard InChI is InChI=1S/BH4O4P.Ca.K.Sr.5H/c1-5-6(2,3)4;;;;;;;;/h1H2,(H2,2,3,4);;;;;;;;. The van der Waals surface area contributed by atoms with E-state index in [1.54, 1.807) is 0 Å². The molecule has 46 valence electrons. The van der Waals surface area contributed by atoms with Crippen molar-refractivity contribution in [3.8, 4) is 0 Å². The average Bonchev–Trinajstić information content (AvgIpc) is 1.35. The monoisotopic (exact) mass is 282 g/mol. The Balaban J connectivity index is -0.0000000417. The molecular formula is H9BCaKO4PSr. The molecular weight excluding hydrogens is 273 g/mol. The van der Waals surface area contributed by atoms with Gasteiger partial charge < -0.3 is 14.2 Å². The Morgan fingerprint density at radius 1 is 1.44 bits per heavy atom. The van der Waals surface area contributed by atoms with Gasteiger partial charge in [-0.25, -0.2) is 4.57 Å². The third kappa shape index (κ3) is 24.5. The molecule has 0 heterocycles. The van der Waals surface area contributed by atoms with Gasteiger partial charge in [0.05, 0.1) is 0 Å². The quantitative estimate of drug-likeness (QED) is 0.382. The zero-order valence-electron chi connectivity index (χ0n) is 3.16. The molecule has 4 nitrogen and oxygen atoms in total. The Kier molecular flexibility index (Phi) is 32.6. The maximum atomic E-state index is 9.47. The molecule has 0 radical (unpaired) electrons. The van der Waals surface area contributed by atoms with E-state index in [2.05, 4.69) is 4.44 Å². The second-order valence-electron chi connectivity index (χ2n) is 0.673. The van der Waals surface area contributed by atoms with Gasteiger partial charge in [-0.1, -0.05) is 0 Å². The minimum absolute atomic E-state index is 0. The molecule has 0 saturated heterocycles. The first-order valence-electron chi connectivity index (χ1n) is 1.17. The van der Waals surface area contributed by atoms with Crippen LogP contribution in [-0.2, 0) is 9.01 Å². The number of hydrogen-bond acceptors (Lipinski definition) is 2. The van der Waals surface area contributed by atoms with E-state index in [-0.39, 0.29) is 135 Å². The van der Waals surface area contributed by atoms with Crippen LogP contribution < -0.4 is 0 Å². The van der Waals surface area contributed by atoms with E-state index in [0.717, 1.165) is 8.05 Å². The third-order valence-corrected chi connectivity index (χ3v) is 0.714. The van der Waals surface area contributed by atoms with Crippen LogP contribution in [0.2, 0.25) is 0 Å². The molecule has 0 rings (SSSR count). The number of phosphoric acid groups is 1. The summed E-state index contributed by atoms with van der Waals surface area (Å²) in [5.74, 6) is 0. The molecule has 0 saturated carbocycles. The van der Waals surface area contributed by atoms with E-state index < -0.39 is 7.82 Å². The molecule has 0 aliphatic heterocycles. The Hall–Kier alpha value is 4.55. The van der Waals surface area contributed by atoms with Crippen LogP contribution in [0.1, 0.15) is 0 Å². The molecule has 9 heavy (non-hydrogen) atoms. The minimum atomic E-state index is -4.15. The Morgan fingerprint density at radius 3 is 1.56 bits per heavy atom. The van der Waals surface area contributed by atoms with Crippen LogP contribution in [0.25, 0.3) is 0 Å². The maximum absolute atomic E-state index is 9.47. The summed E-state index contributed by atoms with van der Waals surface area (Å²) in [4.78, 5) is 15.4. The van der Waals surface area contributed by atoms with Gasteiger partial charge in [0.15, 0.2) is 0 Å². The van der Waals surface area contributed by atoms with Crippen LogP contribution in [0, 0.1) is 0 Å². The molecule has 0 fully saturated rings. The Labute approximate surface area is 164 Å². The van der Waals surface area contributed by atoms with Gasteiger partial charge in [0, 0.05) is 0 Å². The summed E-state index contributed by atoms with van der Waals surface area (Å²) in [6.45, 7) is 0. The predicted octanol–water partition coefficient (Wildman–Crippen LogP) is -3.84. The van der Waals surface area contributed by atoms with Gasteiger partial charge in [0.2, 0.25) is 0 Å². The first kappa shape index (κ1) is 23.4. The summed E-state index contributed by atoms with van der Waals surface area (Å²) in [5.41, 5.74) is 0. The zero-order chi connectivity index (χ0) is 5.21. The normalized spacial score (nSPS) is 7.78. The van der Waals surface area contributed by atoms with E-state index in [0.29, 0.717) is 0 Å². The molecule has 9 heteroatoms. The van der Waals surface area contributed by atoms with Crippen molar-refractivity contribution in [1.82, 2.24) is 0 Å². The Morgan fingerprint density at radius 2 is 1.56 bits per heavy atom. The molecule has 0 aromatic heterocycles. The molecule has 0 amide bonds. The van der Waals surface area contributed by atoms with Crippen molar-refractivity contribution < 1.29 is 18.8 Å². The fraction of sp³-hybridized carbons (Fsp3) is 0. The average molecular weight is 282 g/mol. The topological polar surface area (TPSA) is 66.8 Å². The van der Waals surface area contributed by atoms with Gasteiger partial charge in [-0.3, -0.25) is 0 Å². The molecule has 0 aliphatic carbocycles. The number of hydrogen-bond donors (Lipinski definition) is 2. The summed E-state index contributed by atoms with van der Waals surface area (Å²) in [7, 11) is -3.20. The van der Waals surface area contributed by atoms with Crippen LogP contribution in [-0.4, -0.2) is 152 Å². The van der Waals surface area contributed by atoms with Crippen molar-refractivity contribution in [2.75, 3.05) is 0 Å². The fourth-order valence-corrected chi connectivity index (χ4v) is 0. The van der Waals surface area contributed by atoms with Crippen molar-refractivity contribution >= 4 is 150 Å². The summed E-state index contributed by atoms with van der Waals surface area (Å²) in [6, 6.07) is 0. The SMILES string of the molecule is BOP(=O)(O)O.[CaH2].[KH].[SrH2]. The summed E-state index contributed by atoms with van der Waals surface area (Å²) >= 11 is 0. The van der Waals surface area contributed by atoms with Gasteiger partial charge in [0.25, 0.3) is 8.05 Å². The molecule has 0 aromatic rings. The summed E-state index contributed by atoms with van der Waals surface area (Å²) in [5, 5.41) is 0. The van der Waals surface area contributed by atoms with Crippen LogP contribution in [0.3, 0.4) is 0 Å². The van der Waals surface area contributed by atoms with Crippen molar-refractivity contribution in [3.05, 3.63) is 0 Å². The van der Waals surface area contributed by atoms with E-state index in [9.17, 15) is 4.57 Å². The van der Waals surface area contributed by atoms with Crippen LogP contribution in [0.15, 0.2) is 0 Å². The molecule has 2 N–H and O–H groups in total. The van der Waals surface area contributed by atoms with Gasteiger partial charge in [-0.2, -0.15) is 0 Å². The van der Waals surface area contributed by atoms with Crippen LogP contribution in [0.4, 0.5) is 0 Å². The summed E-state index contributed by atoms with van der Waals surface area (Å²) in [6.07, 6.45) is 0. The van der Waals surface area contributed by atoms with E-state index in [4.69, 9.17) is 9.79 Å². The van der Waals surface area contributed by atoms with Crippen molar-refractivity contribution in [1.29, 1.82) is 0 Å². The molecule has 0 aromatic carbocycles. The van der Waals surface area contributed by atoms with Gasteiger partial charge in [0.1, 0.15) is 0 Å². The third-order valence-electron chi connectivity index (χ3n) is 0.238. The van der Waals surface area contributed by atoms with Crippen molar-refractivity contribution in [2.24, 2.45) is 0 Å². The van der Waals surface area contributed by atoms with E-state index >= 15 is 0 Å². The van der Waals surface area contributed by atoms with Crippen LogP contribution >= 0.6 is 7.82 Å². The van der Waals surface area contributed by atoms with E-state index in [1.807, 2.05) is 0 Å². The second-order valence-corrected chi connectivity index (χ2v) is 2.02. The molecule has 0 aliphatic rings. The molecule has 0 bridgehead atoms. The van der Waals surface area contributed by atoms with Gasteiger partial charge >= 0.3 is 142 Å². The first-order chi connectivity index (χ1) is 2.56. The molecule has 0 atom stereocenters. The summed E-state index contributed by atoms with van der Waals surface area (Å²) < 4.78 is 13.1.